The Morgan fingerprint density at radius 2 is 1.83 bits per heavy atom. The summed E-state index contributed by atoms with van der Waals surface area (Å²) in [5.74, 6) is 0.718. The van der Waals surface area contributed by atoms with E-state index in [9.17, 15) is 0 Å². The predicted octanol–water partition coefficient (Wildman–Crippen LogP) is 2.76. The summed E-state index contributed by atoms with van der Waals surface area (Å²) < 4.78 is 5.21. The van der Waals surface area contributed by atoms with E-state index in [2.05, 4.69) is 37.9 Å². The first-order chi connectivity index (χ1) is 8.63. The summed E-state index contributed by atoms with van der Waals surface area (Å²) in [6.07, 6.45) is 3.73. The first kappa shape index (κ1) is 17.9. The fourth-order valence-corrected chi connectivity index (χ4v) is 2.26. The molecule has 0 aromatic heterocycles. The van der Waals surface area contributed by atoms with Crippen LogP contribution in [0.3, 0.4) is 0 Å². The third-order valence-corrected chi connectivity index (χ3v) is 3.03. The minimum Gasteiger partial charge on any atom is -0.383 e. The van der Waals surface area contributed by atoms with Gasteiger partial charge in [0.25, 0.3) is 0 Å². The lowest BCUT2D eigenvalue weighted by Gasteiger charge is -2.29. The highest BCUT2D eigenvalue weighted by Crippen LogP contribution is 2.04. The van der Waals surface area contributed by atoms with E-state index in [0.717, 1.165) is 38.7 Å². The molecule has 0 spiro atoms. The summed E-state index contributed by atoms with van der Waals surface area (Å²) in [7, 11) is 1.78. The average Bonchev–Trinajstić information content (AvgIpc) is 2.32. The molecule has 0 bridgehead atoms. The highest BCUT2D eigenvalue weighted by atomic mass is 16.5. The summed E-state index contributed by atoms with van der Waals surface area (Å²) in [6, 6.07) is 0.630. The molecule has 0 aliphatic rings. The molecular weight excluding hydrogens is 224 g/mol. The molecule has 0 aromatic carbocycles. The molecule has 1 atom stereocenters. The van der Waals surface area contributed by atoms with Crippen molar-refractivity contribution in [3.8, 4) is 0 Å². The van der Waals surface area contributed by atoms with Gasteiger partial charge in [0.05, 0.1) is 6.61 Å². The van der Waals surface area contributed by atoms with Crippen LogP contribution in [0.5, 0.6) is 0 Å². The lowest BCUT2D eigenvalue weighted by molar-refractivity contribution is 0.131. The van der Waals surface area contributed by atoms with Gasteiger partial charge in [-0.15, -0.1) is 0 Å². The number of hydrogen-bond donors (Lipinski definition) is 1. The molecular formula is C15H34N2O. The molecule has 0 aromatic rings. The quantitative estimate of drug-likeness (QED) is 0.582. The van der Waals surface area contributed by atoms with Crippen molar-refractivity contribution in [1.29, 1.82) is 0 Å². The molecule has 0 amide bonds. The van der Waals surface area contributed by atoms with Crippen molar-refractivity contribution in [1.82, 2.24) is 10.2 Å². The summed E-state index contributed by atoms with van der Waals surface area (Å²) >= 11 is 0. The van der Waals surface area contributed by atoms with E-state index in [1.807, 2.05) is 0 Å². The molecule has 0 saturated heterocycles. The summed E-state index contributed by atoms with van der Waals surface area (Å²) in [6.45, 7) is 14.4. The predicted molar refractivity (Wildman–Crippen MR) is 80.1 cm³/mol. The van der Waals surface area contributed by atoms with Crippen molar-refractivity contribution in [2.75, 3.05) is 39.9 Å². The van der Waals surface area contributed by atoms with E-state index in [1.165, 1.54) is 19.3 Å². The second kappa shape index (κ2) is 11.9. The smallest absolute Gasteiger partial charge is 0.0589 e. The van der Waals surface area contributed by atoms with Gasteiger partial charge >= 0.3 is 0 Å². The molecule has 0 rings (SSSR count). The Morgan fingerprint density at radius 3 is 2.33 bits per heavy atom. The third-order valence-electron chi connectivity index (χ3n) is 3.03. The number of hydrogen-bond acceptors (Lipinski definition) is 3. The molecule has 3 heteroatoms. The van der Waals surface area contributed by atoms with Crippen LogP contribution in [0.4, 0.5) is 0 Å². The number of rotatable bonds is 12. The Bertz CT molecular complexity index is 174. The van der Waals surface area contributed by atoms with Gasteiger partial charge in [-0.3, -0.25) is 4.90 Å². The first-order valence-electron chi connectivity index (χ1n) is 7.58. The molecule has 0 aliphatic carbocycles. The SMILES string of the molecule is CCCNC(CCC)CN(CCOC)CC(C)C. The summed E-state index contributed by atoms with van der Waals surface area (Å²) in [4.78, 5) is 2.54. The molecule has 0 radical (unpaired) electrons. The zero-order valence-corrected chi connectivity index (χ0v) is 13.2. The van der Waals surface area contributed by atoms with E-state index < -0.39 is 0 Å². The monoisotopic (exact) mass is 258 g/mol. The van der Waals surface area contributed by atoms with Crippen molar-refractivity contribution in [3.63, 3.8) is 0 Å². The Morgan fingerprint density at radius 1 is 1.11 bits per heavy atom. The molecule has 1 N–H and O–H groups in total. The molecule has 0 heterocycles. The highest BCUT2D eigenvalue weighted by molar-refractivity contribution is 4.72. The second-order valence-corrected chi connectivity index (χ2v) is 5.59. The second-order valence-electron chi connectivity index (χ2n) is 5.59. The topological polar surface area (TPSA) is 24.5 Å². The average molecular weight is 258 g/mol. The van der Waals surface area contributed by atoms with Gasteiger partial charge in [0.2, 0.25) is 0 Å². The largest absolute Gasteiger partial charge is 0.383 e. The van der Waals surface area contributed by atoms with Gasteiger partial charge < -0.3 is 10.1 Å². The first-order valence-corrected chi connectivity index (χ1v) is 7.58. The van der Waals surface area contributed by atoms with Crippen LogP contribution in [0.1, 0.15) is 47.0 Å². The van der Waals surface area contributed by atoms with Gasteiger partial charge in [0, 0.05) is 32.8 Å². The van der Waals surface area contributed by atoms with E-state index in [-0.39, 0.29) is 0 Å². The van der Waals surface area contributed by atoms with Gasteiger partial charge in [-0.1, -0.05) is 34.1 Å². The van der Waals surface area contributed by atoms with Gasteiger partial charge in [-0.25, -0.2) is 0 Å². The van der Waals surface area contributed by atoms with Crippen molar-refractivity contribution in [2.24, 2.45) is 5.92 Å². The molecule has 18 heavy (non-hydrogen) atoms. The van der Waals surface area contributed by atoms with Gasteiger partial charge in [0.15, 0.2) is 0 Å². The van der Waals surface area contributed by atoms with Crippen LogP contribution in [0.15, 0.2) is 0 Å². The number of ether oxygens (including phenoxy) is 1. The Balaban J connectivity index is 4.18. The zero-order chi connectivity index (χ0) is 13.8. The molecule has 0 saturated carbocycles. The maximum Gasteiger partial charge on any atom is 0.0589 e. The molecule has 1 unspecified atom stereocenters. The van der Waals surface area contributed by atoms with E-state index in [0.29, 0.717) is 6.04 Å². The van der Waals surface area contributed by atoms with Crippen molar-refractivity contribution < 1.29 is 4.74 Å². The number of nitrogens with one attached hydrogen (secondary N) is 1. The molecule has 0 aliphatic heterocycles. The van der Waals surface area contributed by atoms with Crippen LogP contribution in [0, 0.1) is 5.92 Å². The number of nitrogens with zero attached hydrogens (tertiary/aromatic N) is 1. The summed E-state index contributed by atoms with van der Waals surface area (Å²) in [5.41, 5.74) is 0. The van der Waals surface area contributed by atoms with Gasteiger partial charge in [0.1, 0.15) is 0 Å². The van der Waals surface area contributed by atoms with Crippen LogP contribution in [0.25, 0.3) is 0 Å². The molecule has 0 fully saturated rings. The Kier molecular flexibility index (Phi) is 11.9. The molecule has 3 nitrogen and oxygen atoms in total. The molecule has 110 valence electrons. The van der Waals surface area contributed by atoms with Gasteiger partial charge in [-0.2, -0.15) is 0 Å². The van der Waals surface area contributed by atoms with Crippen molar-refractivity contribution in [2.45, 2.75) is 53.0 Å². The Labute approximate surface area is 114 Å². The highest BCUT2D eigenvalue weighted by Gasteiger charge is 2.13. The lowest BCUT2D eigenvalue weighted by Crippen LogP contribution is -2.43. The fraction of sp³-hybridized carbons (Fsp3) is 1.00. The van der Waals surface area contributed by atoms with E-state index in [1.54, 1.807) is 7.11 Å². The number of methoxy groups -OCH3 is 1. The standard InChI is InChI=1S/C15H34N2O/c1-6-8-15(16-9-7-2)13-17(10-11-18-5)12-14(3)4/h14-16H,6-13H2,1-5H3. The van der Waals surface area contributed by atoms with Crippen molar-refractivity contribution >= 4 is 0 Å². The van der Waals surface area contributed by atoms with E-state index >= 15 is 0 Å². The summed E-state index contributed by atoms with van der Waals surface area (Å²) in [5, 5.41) is 3.67. The normalized spacial score (nSPS) is 13.5. The third kappa shape index (κ3) is 9.86. The van der Waals surface area contributed by atoms with Crippen LogP contribution < -0.4 is 5.32 Å². The van der Waals surface area contributed by atoms with Crippen LogP contribution in [0.2, 0.25) is 0 Å². The van der Waals surface area contributed by atoms with Crippen LogP contribution in [-0.2, 0) is 4.74 Å². The van der Waals surface area contributed by atoms with Crippen LogP contribution in [-0.4, -0.2) is 50.8 Å². The van der Waals surface area contributed by atoms with E-state index in [4.69, 9.17) is 4.74 Å². The minimum absolute atomic E-state index is 0.630. The van der Waals surface area contributed by atoms with Crippen molar-refractivity contribution in [3.05, 3.63) is 0 Å². The van der Waals surface area contributed by atoms with Gasteiger partial charge in [-0.05, 0) is 25.3 Å². The maximum absolute atomic E-state index is 5.21. The lowest BCUT2D eigenvalue weighted by atomic mass is 10.1. The minimum atomic E-state index is 0.630. The fourth-order valence-electron chi connectivity index (χ4n) is 2.26. The maximum atomic E-state index is 5.21. The zero-order valence-electron chi connectivity index (χ0n) is 13.2. The van der Waals surface area contributed by atoms with Crippen LogP contribution >= 0.6 is 0 Å². The Hall–Kier alpha value is -0.120.